The zero-order valence-corrected chi connectivity index (χ0v) is 9.26. The monoisotopic (exact) mass is 220 g/mol. The summed E-state index contributed by atoms with van der Waals surface area (Å²) >= 11 is 0. The van der Waals surface area contributed by atoms with Crippen LogP contribution in [-0.2, 0) is 6.18 Å². The summed E-state index contributed by atoms with van der Waals surface area (Å²) < 4.78 is 38.7. The predicted molar refractivity (Wildman–Crippen MR) is 51.7 cm³/mol. The summed E-state index contributed by atoms with van der Waals surface area (Å²) in [6.07, 6.45) is -4.36. The minimum absolute atomic E-state index is 0.0380. The standard InChI is InChI=1S/C10H15F3N2/c1-6(2)8-5-9(10(11,12)13)14-15(8)7(3)4/h5-7H,1-4H3. The highest BCUT2D eigenvalue weighted by Gasteiger charge is 2.35. The second kappa shape index (κ2) is 3.87. The van der Waals surface area contributed by atoms with Crippen LogP contribution in [0, 0.1) is 0 Å². The van der Waals surface area contributed by atoms with Crippen LogP contribution in [0.25, 0.3) is 0 Å². The summed E-state index contributed by atoms with van der Waals surface area (Å²) in [6.45, 7) is 7.35. The second-order valence-electron chi connectivity index (χ2n) is 4.15. The molecule has 0 amide bonds. The van der Waals surface area contributed by atoms with Crippen LogP contribution in [0.4, 0.5) is 13.2 Å². The Balaban J connectivity index is 3.21. The van der Waals surface area contributed by atoms with Crippen LogP contribution in [0.2, 0.25) is 0 Å². The molecule has 0 atom stereocenters. The number of rotatable bonds is 2. The molecular formula is C10H15F3N2. The summed E-state index contributed by atoms with van der Waals surface area (Å²) in [5.74, 6) is 0.0380. The molecule has 1 rings (SSSR count). The van der Waals surface area contributed by atoms with Gasteiger partial charge in [-0.15, -0.1) is 0 Å². The average molecular weight is 220 g/mol. The Bertz CT molecular complexity index is 311. The topological polar surface area (TPSA) is 17.8 Å². The number of hydrogen-bond donors (Lipinski definition) is 0. The van der Waals surface area contributed by atoms with Crippen molar-refractivity contribution in [2.24, 2.45) is 0 Å². The highest BCUT2D eigenvalue weighted by molar-refractivity contribution is 5.16. The van der Waals surface area contributed by atoms with Crippen molar-refractivity contribution >= 4 is 0 Å². The van der Waals surface area contributed by atoms with Crippen LogP contribution in [0.15, 0.2) is 6.07 Å². The Labute approximate surface area is 87.1 Å². The molecule has 1 aromatic rings. The molecule has 0 radical (unpaired) electrons. The first-order valence-corrected chi connectivity index (χ1v) is 4.90. The molecule has 0 aliphatic rings. The van der Waals surface area contributed by atoms with Crippen molar-refractivity contribution in [1.82, 2.24) is 9.78 Å². The summed E-state index contributed by atoms with van der Waals surface area (Å²) in [4.78, 5) is 0. The Kier molecular flexibility index (Phi) is 3.11. The second-order valence-corrected chi connectivity index (χ2v) is 4.15. The molecule has 1 heterocycles. The maximum absolute atomic E-state index is 12.4. The third-order valence-electron chi connectivity index (χ3n) is 2.14. The van der Waals surface area contributed by atoms with Gasteiger partial charge in [0.2, 0.25) is 0 Å². The molecule has 0 aliphatic carbocycles. The van der Waals surface area contributed by atoms with Crippen molar-refractivity contribution in [1.29, 1.82) is 0 Å². The molecule has 0 aromatic carbocycles. The van der Waals surface area contributed by atoms with E-state index >= 15 is 0 Å². The summed E-state index contributed by atoms with van der Waals surface area (Å²) in [5, 5.41) is 3.59. The predicted octanol–water partition coefficient (Wildman–Crippen LogP) is 3.61. The van der Waals surface area contributed by atoms with Crippen molar-refractivity contribution in [2.75, 3.05) is 0 Å². The van der Waals surface area contributed by atoms with Crippen molar-refractivity contribution < 1.29 is 13.2 Å². The molecule has 2 nitrogen and oxygen atoms in total. The van der Waals surface area contributed by atoms with Crippen molar-refractivity contribution in [2.45, 2.75) is 45.8 Å². The minimum Gasteiger partial charge on any atom is -0.266 e. The lowest BCUT2D eigenvalue weighted by Crippen LogP contribution is -2.11. The fourth-order valence-electron chi connectivity index (χ4n) is 1.39. The van der Waals surface area contributed by atoms with Crippen molar-refractivity contribution in [3.63, 3.8) is 0 Å². The van der Waals surface area contributed by atoms with E-state index in [4.69, 9.17) is 0 Å². The molecule has 5 heteroatoms. The molecule has 0 saturated carbocycles. The highest BCUT2D eigenvalue weighted by Crippen LogP contribution is 2.31. The van der Waals surface area contributed by atoms with E-state index < -0.39 is 11.9 Å². The average Bonchev–Trinajstić information content (AvgIpc) is 2.45. The maximum Gasteiger partial charge on any atom is 0.435 e. The number of hydrogen-bond acceptors (Lipinski definition) is 1. The van der Waals surface area contributed by atoms with Gasteiger partial charge in [-0.25, -0.2) is 0 Å². The van der Waals surface area contributed by atoms with Crippen LogP contribution >= 0.6 is 0 Å². The van der Waals surface area contributed by atoms with Crippen LogP contribution < -0.4 is 0 Å². The van der Waals surface area contributed by atoms with E-state index in [9.17, 15) is 13.2 Å². The van der Waals surface area contributed by atoms with Gasteiger partial charge >= 0.3 is 6.18 Å². The lowest BCUT2D eigenvalue weighted by molar-refractivity contribution is -0.141. The van der Waals surface area contributed by atoms with Gasteiger partial charge < -0.3 is 0 Å². The largest absolute Gasteiger partial charge is 0.435 e. The quantitative estimate of drug-likeness (QED) is 0.744. The molecular weight excluding hydrogens is 205 g/mol. The van der Waals surface area contributed by atoms with Gasteiger partial charge in [0.15, 0.2) is 5.69 Å². The summed E-state index contributed by atoms with van der Waals surface area (Å²) in [5.41, 5.74) is -0.183. The van der Waals surface area contributed by atoms with Gasteiger partial charge in [0.1, 0.15) is 0 Å². The van der Waals surface area contributed by atoms with Crippen molar-refractivity contribution in [3.05, 3.63) is 17.5 Å². The zero-order chi connectivity index (χ0) is 11.8. The van der Waals surface area contributed by atoms with Crippen LogP contribution in [-0.4, -0.2) is 9.78 Å². The zero-order valence-electron chi connectivity index (χ0n) is 9.26. The molecule has 0 aliphatic heterocycles. The number of aromatic nitrogens is 2. The van der Waals surface area contributed by atoms with E-state index in [1.54, 1.807) is 0 Å². The van der Waals surface area contributed by atoms with E-state index in [-0.39, 0.29) is 12.0 Å². The number of halogens is 3. The van der Waals surface area contributed by atoms with E-state index in [0.717, 1.165) is 6.07 Å². The molecule has 0 spiro atoms. The van der Waals surface area contributed by atoms with Gasteiger partial charge in [-0.2, -0.15) is 18.3 Å². The Morgan fingerprint density at radius 2 is 1.73 bits per heavy atom. The molecule has 0 bridgehead atoms. The highest BCUT2D eigenvalue weighted by atomic mass is 19.4. The van der Waals surface area contributed by atoms with Crippen LogP contribution in [0.5, 0.6) is 0 Å². The fraction of sp³-hybridized carbons (Fsp3) is 0.700. The molecule has 1 aromatic heterocycles. The smallest absolute Gasteiger partial charge is 0.266 e. The van der Waals surface area contributed by atoms with Gasteiger partial charge in [-0.05, 0) is 25.8 Å². The number of alkyl halides is 3. The van der Waals surface area contributed by atoms with E-state index in [1.807, 2.05) is 27.7 Å². The minimum atomic E-state index is -4.36. The Morgan fingerprint density at radius 1 is 1.20 bits per heavy atom. The lowest BCUT2D eigenvalue weighted by Gasteiger charge is -2.12. The molecule has 0 saturated heterocycles. The Hall–Kier alpha value is -1.00. The van der Waals surface area contributed by atoms with Crippen LogP contribution in [0.1, 0.15) is 51.0 Å². The summed E-state index contributed by atoms with van der Waals surface area (Å²) in [7, 11) is 0. The first kappa shape index (κ1) is 12.1. The SMILES string of the molecule is CC(C)c1cc(C(F)(F)F)nn1C(C)C. The molecule has 15 heavy (non-hydrogen) atoms. The van der Waals surface area contributed by atoms with Gasteiger partial charge in [0.25, 0.3) is 0 Å². The van der Waals surface area contributed by atoms with E-state index in [2.05, 4.69) is 5.10 Å². The van der Waals surface area contributed by atoms with Crippen molar-refractivity contribution in [3.8, 4) is 0 Å². The van der Waals surface area contributed by atoms with E-state index in [1.165, 1.54) is 4.68 Å². The fourth-order valence-corrected chi connectivity index (χ4v) is 1.39. The number of nitrogens with zero attached hydrogens (tertiary/aromatic N) is 2. The van der Waals surface area contributed by atoms with Gasteiger partial charge in [0.05, 0.1) is 0 Å². The maximum atomic E-state index is 12.4. The third kappa shape index (κ3) is 2.52. The third-order valence-corrected chi connectivity index (χ3v) is 2.14. The Morgan fingerprint density at radius 3 is 2.00 bits per heavy atom. The summed E-state index contributed by atoms with van der Waals surface area (Å²) in [6, 6.07) is 1.07. The molecule has 86 valence electrons. The molecule has 0 unspecified atom stereocenters. The van der Waals surface area contributed by atoms with Gasteiger partial charge in [-0.3, -0.25) is 4.68 Å². The normalized spacial score (nSPS) is 12.9. The lowest BCUT2D eigenvalue weighted by atomic mass is 10.1. The molecule has 0 fully saturated rings. The molecule has 0 N–H and O–H groups in total. The first-order valence-electron chi connectivity index (χ1n) is 4.90. The van der Waals surface area contributed by atoms with Gasteiger partial charge in [-0.1, -0.05) is 13.8 Å². The van der Waals surface area contributed by atoms with Gasteiger partial charge in [0, 0.05) is 11.7 Å². The van der Waals surface area contributed by atoms with E-state index in [0.29, 0.717) is 5.69 Å². The van der Waals surface area contributed by atoms with Crippen LogP contribution in [0.3, 0.4) is 0 Å². The first-order chi connectivity index (χ1) is 6.73.